The van der Waals surface area contributed by atoms with Gasteiger partial charge in [-0.05, 0) is 6.42 Å². The highest BCUT2D eigenvalue weighted by Crippen LogP contribution is 2.13. The molecule has 0 aromatic carbocycles. The van der Waals surface area contributed by atoms with Crippen molar-refractivity contribution in [1.82, 2.24) is 4.90 Å². The quantitative estimate of drug-likeness (QED) is 0.319. The second-order valence-electron chi connectivity index (χ2n) is 7.56. The fourth-order valence-electron chi connectivity index (χ4n) is 3.38. The van der Waals surface area contributed by atoms with Crippen LogP contribution in [0.15, 0.2) is 0 Å². The van der Waals surface area contributed by atoms with Crippen LogP contribution in [-0.4, -0.2) is 46.7 Å². The summed E-state index contributed by atoms with van der Waals surface area (Å²) in [5.74, 6) is -1.26. The van der Waals surface area contributed by atoms with Gasteiger partial charge in [-0.2, -0.15) is 0 Å². The van der Waals surface area contributed by atoms with E-state index in [0.717, 1.165) is 24.2 Å². The number of carbonyl (C=O) groups is 2. The molecule has 0 heterocycles. The predicted molar refractivity (Wildman–Crippen MR) is 110 cm³/mol. The first-order valence-corrected chi connectivity index (χ1v) is 11.2. The third kappa shape index (κ3) is 15.8. The van der Waals surface area contributed by atoms with Crippen molar-refractivity contribution in [2.75, 3.05) is 19.8 Å². The Labute approximate surface area is 166 Å². The number of nitrogens with zero attached hydrogens (tertiary/aromatic N) is 1. The first-order chi connectivity index (χ1) is 13.2. The third-order valence-electron chi connectivity index (χ3n) is 5.11. The number of hydrogen-bond donors (Lipinski definition) is 2. The Kier molecular flexibility index (Phi) is 19.1. The zero-order valence-corrected chi connectivity index (χ0v) is 17.6. The van der Waals surface area contributed by atoms with Crippen molar-refractivity contribution in [2.24, 2.45) is 0 Å². The second kappa shape index (κ2) is 19.8. The summed E-state index contributed by atoms with van der Waals surface area (Å²) in [4.78, 5) is 23.9. The van der Waals surface area contributed by atoms with Crippen LogP contribution in [0.4, 0.5) is 0 Å². The van der Waals surface area contributed by atoms with Gasteiger partial charge in [-0.25, -0.2) is 0 Å². The zero-order chi connectivity index (χ0) is 20.2. The van der Waals surface area contributed by atoms with Crippen molar-refractivity contribution < 1.29 is 19.8 Å². The van der Waals surface area contributed by atoms with Crippen LogP contribution in [0.1, 0.15) is 110 Å². The van der Waals surface area contributed by atoms with E-state index in [2.05, 4.69) is 6.92 Å². The number of amides is 2. The molecule has 2 amide bonds. The highest BCUT2D eigenvalue weighted by molar-refractivity contribution is 5.96. The molecule has 0 saturated carbocycles. The molecule has 0 atom stereocenters. The summed E-state index contributed by atoms with van der Waals surface area (Å²) in [6.45, 7) is 1.17. The van der Waals surface area contributed by atoms with Gasteiger partial charge in [0.15, 0.2) is 0 Å². The summed E-state index contributed by atoms with van der Waals surface area (Å²) < 4.78 is 0. The number of carbonyl (C=O) groups excluding carboxylic acids is 2. The van der Waals surface area contributed by atoms with E-state index in [0.29, 0.717) is 0 Å². The predicted octanol–water partition coefficient (Wildman–Crippen LogP) is 4.59. The molecule has 0 unspecified atom stereocenters. The molecular formula is C22H43NO4. The van der Waals surface area contributed by atoms with E-state index in [1.54, 1.807) is 0 Å². The number of hydrogen-bond acceptors (Lipinski definition) is 4. The topological polar surface area (TPSA) is 77.8 Å². The van der Waals surface area contributed by atoms with Crippen LogP contribution in [0, 0.1) is 0 Å². The lowest BCUT2D eigenvalue weighted by Crippen LogP contribution is -2.41. The minimum Gasteiger partial charge on any atom is -0.387 e. The summed E-state index contributed by atoms with van der Waals surface area (Å²) in [7, 11) is 0. The number of aliphatic hydroxyl groups is 2. The van der Waals surface area contributed by atoms with Gasteiger partial charge in [0.2, 0.25) is 0 Å². The molecule has 5 heteroatoms. The maximum Gasteiger partial charge on any atom is 0.254 e. The van der Waals surface area contributed by atoms with Crippen LogP contribution in [0.3, 0.4) is 0 Å². The van der Waals surface area contributed by atoms with Gasteiger partial charge < -0.3 is 10.2 Å². The van der Waals surface area contributed by atoms with Crippen LogP contribution >= 0.6 is 0 Å². The van der Waals surface area contributed by atoms with E-state index in [1.807, 2.05) is 0 Å². The molecule has 0 aliphatic heterocycles. The highest BCUT2D eigenvalue weighted by atomic mass is 16.3. The maximum absolute atomic E-state index is 11.4. The molecule has 0 spiro atoms. The van der Waals surface area contributed by atoms with Crippen molar-refractivity contribution >= 4 is 11.8 Å². The van der Waals surface area contributed by atoms with Crippen molar-refractivity contribution in [1.29, 1.82) is 0 Å². The van der Waals surface area contributed by atoms with Crippen molar-refractivity contribution in [2.45, 2.75) is 110 Å². The van der Waals surface area contributed by atoms with Crippen molar-refractivity contribution in [3.8, 4) is 0 Å². The highest BCUT2D eigenvalue weighted by Gasteiger charge is 2.18. The minimum atomic E-state index is -0.690. The van der Waals surface area contributed by atoms with E-state index in [4.69, 9.17) is 10.2 Å². The van der Waals surface area contributed by atoms with Crippen LogP contribution < -0.4 is 0 Å². The molecule has 0 fully saturated rings. The van der Waals surface area contributed by atoms with Gasteiger partial charge in [-0.3, -0.25) is 14.5 Å². The number of unbranched alkanes of at least 4 members (excludes halogenated alkanes) is 15. The summed E-state index contributed by atoms with van der Waals surface area (Å²) in [6.07, 6.45) is 20.3. The van der Waals surface area contributed by atoms with E-state index in [1.165, 1.54) is 83.5 Å². The van der Waals surface area contributed by atoms with Crippen LogP contribution in [0.2, 0.25) is 0 Å². The maximum atomic E-state index is 11.4. The van der Waals surface area contributed by atoms with E-state index >= 15 is 0 Å². The lowest BCUT2D eigenvalue weighted by Gasteiger charge is -2.18. The summed E-state index contributed by atoms with van der Waals surface area (Å²) in [6, 6.07) is 0. The lowest BCUT2D eigenvalue weighted by atomic mass is 10.0. The molecule has 0 aromatic rings. The van der Waals surface area contributed by atoms with Gasteiger partial charge >= 0.3 is 0 Å². The molecule has 27 heavy (non-hydrogen) atoms. The summed E-state index contributed by atoms with van der Waals surface area (Å²) in [5, 5.41) is 17.7. The average molecular weight is 386 g/mol. The van der Waals surface area contributed by atoms with Gasteiger partial charge in [-0.1, -0.05) is 103 Å². The Morgan fingerprint density at radius 3 is 1.15 bits per heavy atom. The van der Waals surface area contributed by atoms with E-state index in [-0.39, 0.29) is 6.54 Å². The van der Waals surface area contributed by atoms with E-state index in [9.17, 15) is 9.59 Å². The normalized spacial score (nSPS) is 10.9. The standard InChI is InChI=1S/C22H43NO4/c1-2-3-4-5-6-7-8-9-10-11-12-13-14-15-16-17-18-23(21(26)19-24)22(27)20-25/h24-25H,2-20H2,1H3. The average Bonchev–Trinajstić information content (AvgIpc) is 2.69. The Balaban J connectivity index is 3.37. The number of imide groups is 1. The minimum absolute atomic E-state index is 0.289. The summed E-state index contributed by atoms with van der Waals surface area (Å²) in [5.41, 5.74) is 0. The summed E-state index contributed by atoms with van der Waals surface area (Å²) >= 11 is 0. The lowest BCUT2D eigenvalue weighted by molar-refractivity contribution is -0.148. The van der Waals surface area contributed by atoms with Crippen LogP contribution in [-0.2, 0) is 9.59 Å². The molecule has 0 aliphatic rings. The largest absolute Gasteiger partial charge is 0.387 e. The molecule has 160 valence electrons. The number of aliphatic hydroxyl groups excluding tert-OH is 2. The molecule has 0 aliphatic carbocycles. The third-order valence-corrected chi connectivity index (χ3v) is 5.11. The van der Waals surface area contributed by atoms with Gasteiger partial charge in [0.25, 0.3) is 11.8 Å². The molecule has 0 radical (unpaired) electrons. The molecule has 2 N–H and O–H groups in total. The molecular weight excluding hydrogens is 342 g/mol. The van der Waals surface area contributed by atoms with Crippen molar-refractivity contribution in [3.05, 3.63) is 0 Å². The smallest absolute Gasteiger partial charge is 0.254 e. The van der Waals surface area contributed by atoms with Crippen LogP contribution in [0.25, 0.3) is 0 Å². The molecule has 5 nitrogen and oxygen atoms in total. The Hall–Kier alpha value is -0.940. The fourth-order valence-corrected chi connectivity index (χ4v) is 3.38. The van der Waals surface area contributed by atoms with Gasteiger partial charge in [0, 0.05) is 6.54 Å². The first kappa shape index (κ1) is 26.1. The molecule has 0 bridgehead atoms. The monoisotopic (exact) mass is 385 g/mol. The molecule has 0 aromatic heterocycles. The zero-order valence-electron chi connectivity index (χ0n) is 17.6. The Morgan fingerprint density at radius 2 is 0.852 bits per heavy atom. The van der Waals surface area contributed by atoms with Gasteiger partial charge in [-0.15, -0.1) is 0 Å². The van der Waals surface area contributed by atoms with E-state index < -0.39 is 25.0 Å². The van der Waals surface area contributed by atoms with Crippen molar-refractivity contribution in [3.63, 3.8) is 0 Å². The van der Waals surface area contributed by atoms with Gasteiger partial charge in [0.1, 0.15) is 13.2 Å². The Bertz CT molecular complexity index is 344. The second-order valence-corrected chi connectivity index (χ2v) is 7.56. The Morgan fingerprint density at radius 1 is 0.556 bits per heavy atom. The molecule has 0 rings (SSSR count). The van der Waals surface area contributed by atoms with Gasteiger partial charge in [0.05, 0.1) is 0 Å². The SMILES string of the molecule is CCCCCCCCCCCCCCCCCCN(C(=O)CO)C(=O)CO. The first-order valence-electron chi connectivity index (χ1n) is 11.2. The number of rotatable bonds is 19. The fraction of sp³-hybridized carbons (Fsp3) is 0.909. The molecule has 0 saturated heterocycles. The van der Waals surface area contributed by atoms with Crippen LogP contribution in [0.5, 0.6) is 0 Å².